The van der Waals surface area contributed by atoms with Gasteiger partial charge in [0.1, 0.15) is 0 Å². The lowest BCUT2D eigenvalue weighted by atomic mass is 10.1. The van der Waals surface area contributed by atoms with Crippen LogP contribution >= 0.6 is 15.9 Å². The van der Waals surface area contributed by atoms with E-state index in [4.69, 9.17) is 0 Å². The number of rotatable bonds is 5. The number of hydrogen-bond acceptors (Lipinski definition) is 2. The predicted octanol–water partition coefficient (Wildman–Crippen LogP) is 4.20. The Balaban J connectivity index is 1.58. The summed E-state index contributed by atoms with van der Waals surface area (Å²) in [5.41, 5.74) is 3.02. The lowest BCUT2D eigenvalue weighted by Gasteiger charge is -2.16. The molecule has 1 heterocycles. The van der Waals surface area contributed by atoms with Crippen molar-refractivity contribution in [2.24, 2.45) is 0 Å². The summed E-state index contributed by atoms with van der Waals surface area (Å²) >= 11 is 3.51. The Hall–Kier alpha value is -2.60. The summed E-state index contributed by atoms with van der Waals surface area (Å²) in [7, 11) is 0. The fourth-order valence-electron chi connectivity index (χ4n) is 2.56. The van der Waals surface area contributed by atoms with E-state index in [0.717, 1.165) is 21.3 Å². The van der Waals surface area contributed by atoms with Gasteiger partial charge >= 0.3 is 6.03 Å². The molecule has 0 radical (unpaired) electrons. The number of aromatic nitrogens is 2. The van der Waals surface area contributed by atoms with Crippen LogP contribution in [0, 0.1) is 0 Å². The van der Waals surface area contributed by atoms with Gasteiger partial charge in [-0.05, 0) is 42.3 Å². The number of carbonyl (C=O) groups is 1. The van der Waals surface area contributed by atoms with Crippen LogP contribution in [0.25, 0.3) is 5.69 Å². The summed E-state index contributed by atoms with van der Waals surface area (Å²) in [4.78, 5) is 12.2. The van der Waals surface area contributed by atoms with E-state index < -0.39 is 0 Å². The number of urea groups is 1. The van der Waals surface area contributed by atoms with Crippen LogP contribution in [0.15, 0.2) is 71.5 Å². The van der Waals surface area contributed by atoms with Crippen LogP contribution in [0.2, 0.25) is 0 Å². The predicted molar refractivity (Wildman–Crippen MR) is 101 cm³/mol. The fraction of sp³-hybridized carbons (Fsp3) is 0.158. The minimum absolute atomic E-state index is 0.0917. The molecular weight excluding hydrogens is 380 g/mol. The molecule has 3 aromatic rings. The second-order valence-electron chi connectivity index (χ2n) is 5.69. The van der Waals surface area contributed by atoms with Crippen molar-refractivity contribution >= 4 is 22.0 Å². The molecule has 25 heavy (non-hydrogen) atoms. The maximum Gasteiger partial charge on any atom is 0.315 e. The lowest BCUT2D eigenvalue weighted by molar-refractivity contribution is 0.237. The molecule has 0 aliphatic carbocycles. The first kappa shape index (κ1) is 17.2. The average Bonchev–Trinajstić information content (AvgIpc) is 3.15. The average molecular weight is 399 g/mol. The quantitative estimate of drug-likeness (QED) is 0.676. The van der Waals surface area contributed by atoms with Crippen LogP contribution in [0.1, 0.15) is 24.1 Å². The highest BCUT2D eigenvalue weighted by atomic mass is 79.9. The summed E-state index contributed by atoms with van der Waals surface area (Å²) in [5.74, 6) is 0. The van der Waals surface area contributed by atoms with Crippen LogP contribution < -0.4 is 10.6 Å². The van der Waals surface area contributed by atoms with E-state index in [1.54, 1.807) is 10.9 Å². The van der Waals surface area contributed by atoms with Crippen molar-refractivity contribution in [3.8, 4) is 5.69 Å². The van der Waals surface area contributed by atoms with Gasteiger partial charge in [0.05, 0.1) is 11.7 Å². The number of amides is 2. The molecule has 0 saturated heterocycles. The van der Waals surface area contributed by atoms with E-state index in [-0.39, 0.29) is 12.1 Å². The Kier molecular flexibility index (Phi) is 5.50. The number of benzene rings is 2. The third kappa shape index (κ3) is 4.48. The lowest BCUT2D eigenvalue weighted by Crippen LogP contribution is -2.36. The number of nitrogens with zero attached hydrogens (tertiary/aromatic N) is 2. The molecule has 2 N–H and O–H groups in total. The van der Waals surface area contributed by atoms with Gasteiger partial charge in [0.2, 0.25) is 0 Å². The third-order valence-corrected chi connectivity index (χ3v) is 4.57. The van der Waals surface area contributed by atoms with Gasteiger partial charge in [0.15, 0.2) is 0 Å². The SMILES string of the molecule is CC(NC(=O)NCc1cccc(-n2cccn2)c1)c1ccccc1Br. The molecule has 0 spiro atoms. The van der Waals surface area contributed by atoms with E-state index in [9.17, 15) is 4.79 Å². The fourth-order valence-corrected chi connectivity index (χ4v) is 3.19. The molecule has 0 saturated carbocycles. The van der Waals surface area contributed by atoms with Gasteiger partial charge in [-0.3, -0.25) is 0 Å². The van der Waals surface area contributed by atoms with Gasteiger partial charge in [-0.1, -0.05) is 46.3 Å². The van der Waals surface area contributed by atoms with Crippen LogP contribution in [-0.4, -0.2) is 15.8 Å². The molecule has 3 rings (SSSR count). The Morgan fingerprint density at radius 3 is 2.80 bits per heavy atom. The highest BCUT2D eigenvalue weighted by Crippen LogP contribution is 2.22. The topological polar surface area (TPSA) is 59.0 Å². The molecular formula is C19H19BrN4O. The van der Waals surface area contributed by atoms with Gasteiger partial charge in [0, 0.05) is 23.4 Å². The second-order valence-corrected chi connectivity index (χ2v) is 6.55. The van der Waals surface area contributed by atoms with Crippen LogP contribution in [0.4, 0.5) is 4.79 Å². The Morgan fingerprint density at radius 2 is 2.04 bits per heavy atom. The number of halogens is 1. The maximum atomic E-state index is 12.2. The van der Waals surface area contributed by atoms with Crippen molar-refractivity contribution in [1.82, 2.24) is 20.4 Å². The van der Waals surface area contributed by atoms with Gasteiger partial charge in [-0.2, -0.15) is 5.10 Å². The molecule has 0 fully saturated rings. The molecule has 2 amide bonds. The summed E-state index contributed by atoms with van der Waals surface area (Å²) in [6, 6.07) is 17.4. The summed E-state index contributed by atoms with van der Waals surface area (Å²) < 4.78 is 2.77. The number of nitrogens with one attached hydrogen (secondary N) is 2. The molecule has 0 bridgehead atoms. The van der Waals surface area contributed by atoms with Crippen molar-refractivity contribution < 1.29 is 4.79 Å². The van der Waals surface area contributed by atoms with Gasteiger partial charge in [-0.25, -0.2) is 9.48 Å². The minimum atomic E-state index is -0.201. The largest absolute Gasteiger partial charge is 0.334 e. The van der Waals surface area contributed by atoms with E-state index in [1.165, 1.54) is 0 Å². The summed E-state index contributed by atoms with van der Waals surface area (Å²) in [5, 5.41) is 10.1. The normalized spacial score (nSPS) is 11.8. The number of carbonyl (C=O) groups excluding carboxylic acids is 1. The summed E-state index contributed by atoms with van der Waals surface area (Å²) in [6.07, 6.45) is 3.63. The zero-order chi connectivity index (χ0) is 17.6. The van der Waals surface area contributed by atoms with Crippen molar-refractivity contribution in [1.29, 1.82) is 0 Å². The van der Waals surface area contributed by atoms with E-state index in [2.05, 4.69) is 31.7 Å². The smallest absolute Gasteiger partial charge is 0.315 e. The zero-order valence-corrected chi connectivity index (χ0v) is 15.4. The van der Waals surface area contributed by atoms with E-state index in [1.807, 2.05) is 67.7 Å². The maximum absolute atomic E-state index is 12.2. The monoisotopic (exact) mass is 398 g/mol. The van der Waals surface area contributed by atoms with Crippen molar-refractivity contribution in [3.05, 3.63) is 82.6 Å². The van der Waals surface area contributed by atoms with Crippen LogP contribution in [-0.2, 0) is 6.54 Å². The van der Waals surface area contributed by atoms with Crippen LogP contribution in [0.5, 0.6) is 0 Å². The number of hydrogen-bond donors (Lipinski definition) is 2. The van der Waals surface area contributed by atoms with Crippen molar-refractivity contribution in [3.63, 3.8) is 0 Å². The third-order valence-electron chi connectivity index (χ3n) is 3.85. The highest BCUT2D eigenvalue weighted by Gasteiger charge is 2.11. The molecule has 1 unspecified atom stereocenters. The molecule has 0 aliphatic rings. The van der Waals surface area contributed by atoms with Gasteiger partial charge in [0.25, 0.3) is 0 Å². The van der Waals surface area contributed by atoms with Crippen LogP contribution in [0.3, 0.4) is 0 Å². The Morgan fingerprint density at radius 1 is 1.20 bits per heavy atom. The minimum Gasteiger partial charge on any atom is -0.334 e. The first-order chi connectivity index (χ1) is 12.1. The first-order valence-corrected chi connectivity index (χ1v) is 8.80. The van der Waals surface area contributed by atoms with Crippen molar-refractivity contribution in [2.75, 3.05) is 0 Å². The molecule has 5 nitrogen and oxygen atoms in total. The van der Waals surface area contributed by atoms with E-state index in [0.29, 0.717) is 6.54 Å². The standard InChI is InChI=1S/C19H19BrN4O/c1-14(17-8-2-3-9-18(17)20)23-19(25)21-13-15-6-4-7-16(12-15)24-11-5-10-22-24/h2-12,14H,13H2,1H3,(H2,21,23,25). The second kappa shape index (κ2) is 7.98. The van der Waals surface area contributed by atoms with Gasteiger partial charge < -0.3 is 10.6 Å². The van der Waals surface area contributed by atoms with Gasteiger partial charge in [-0.15, -0.1) is 0 Å². The summed E-state index contributed by atoms with van der Waals surface area (Å²) in [6.45, 7) is 2.40. The molecule has 2 aromatic carbocycles. The van der Waals surface area contributed by atoms with Crippen molar-refractivity contribution in [2.45, 2.75) is 19.5 Å². The highest BCUT2D eigenvalue weighted by molar-refractivity contribution is 9.10. The first-order valence-electron chi connectivity index (χ1n) is 8.01. The Labute approximate surface area is 155 Å². The Bertz CT molecular complexity index is 848. The molecule has 1 aromatic heterocycles. The molecule has 6 heteroatoms. The molecule has 0 aliphatic heterocycles. The molecule has 128 valence electrons. The zero-order valence-electron chi connectivity index (χ0n) is 13.8. The van der Waals surface area contributed by atoms with E-state index >= 15 is 0 Å². The molecule has 1 atom stereocenters.